The molecule has 0 atom stereocenters. The Kier molecular flexibility index (Phi) is 2.78. The van der Waals surface area contributed by atoms with E-state index in [0.717, 1.165) is 10.9 Å². The summed E-state index contributed by atoms with van der Waals surface area (Å²) in [6.07, 6.45) is 3.22. The van der Waals surface area contributed by atoms with E-state index in [1.807, 2.05) is 12.1 Å². The number of fused-ring (bicyclic) bond motifs is 1. The number of nitrogens with zero attached hydrogens (tertiary/aromatic N) is 2. The maximum Gasteiger partial charge on any atom is 0.230 e. The Hall–Kier alpha value is -2.02. The summed E-state index contributed by atoms with van der Waals surface area (Å²) in [5, 5.41) is 9.36. The van der Waals surface area contributed by atoms with Crippen LogP contribution in [0, 0.1) is 11.3 Å². The van der Waals surface area contributed by atoms with E-state index in [9.17, 15) is 0 Å². The van der Waals surface area contributed by atoms with Gasteiger partial charge in [0.05, 0.1) is 5.39 Å². The molecule has 0 amide bonds. The molecule has 0 spiro atoms. The lowest BCUT2D eigenvalue weighted by molar-refractivity contribution is 0.365. The molecule has 4 nitrogen and oxygen atoms in total. The molecular weight excluding hydrogens is 204 g/mol. The number of nitriles is 1. The predicted molar refractivity (Wildman–Crippen MR) is 59.2 cm³/mol. The summed E-state index contributed by atoms with van der Waals surface area (Å²) in [5.74, 6) is 0.945. The molecule has 2 rings (SSSR count). The minimum atomic E-state index is 0.0149. The molecule has 82 valence electrons. The fourth-order valence-corrected chi connectivity index (χ4v) is 1.66. The van der Waals surface area contributed by atoms with E-state index < -0.39 is 0 Å². The molecule has 0 aliphatic rings. The van der Waals surface area contributed by atoms with Crippen molar-refractivity contribution in [1.82, 2.24) is 4.98 Å². The Morgan fingerprint density at radius 2 is 2.38 bits per heavy atom. The number of pyridine rings is 1. The van der Waals surface area contributed by atoms with Crippen LogP contribution in [-0.4, -0.2) is 11.6 Å². The monoisotopic (exact) mass is 216 g/mol. The topological polar surface area (TPSA) is 59.1 Å². The summed E-state index contributed by atoms with van der Waals surface area (Å²) in [5.41, 5.74) is 1.67. The molecule has 0 unspecified atom stereocenters. The second kappa shape index (κ2) is 4.23. The lowest BCUT2D eigenvalue weighted by atomic mass is 10.0. The molecule has 0 bridgehead atoms. The second-order valence-electron chi connectivity index (χ2n) is 3.78. The van der Waals surface area contributed by atoms with Gasteiger partial charge in [0.25, 0.3) is 0 Å². The van der Waals surface area contributed by atoms with Gasteiger partial charge >= 0.3 is 0 Å². The van der Waals surface area contributed by atoms with Crippen LogP contribution in [0.4, 0.5) is 0 Å². The lowest BCUT2D eigenvalue weighted by Crippen LogP contribution is -1.95. The Balaban J connectivity index is 2.55. The van der Waals surface area contributed by atoms with Crippen molar-refractivity contribution >= 4 is 11.1 Å². The predicted octanol–water partition coefficient (Wildman–Crippen LogP) is 2.85. The zero-order valence-electron chi connectivity index (χ0n) is 9.23. The summed E-state index contributed by atoms with van der Waals surface area (Å²) in [6.45, 7) is 4.20. The van der Waals surface area contributed by atoms with Crippen LogP contribution in [0.3, 0.4) is 0 Å². The van der Waals surface area contributed by atoms with E-state index in [1.54, 1.807) is 6.20 Å². The maximum absolute atomic E-state index is 8.49. The van der Waals surface area contributed by atoms with Crippen molar-refractivity contribution in [3.8, 4) is 11.8 Å². The molecule has 2 aromatic heterocycles. The first kappa shape index (κ1) is 10.5. The number of hydrogen-bond donors (Lipinski definition) is 0. The van der Waals surface area contributed by atoms with Crippen LogP contribution in [0.15, 0.2) is 22.9 Å². The van der Waals surface area contributed by atoms with Gasteiger partial charge in [0.2, 0.25) is 5.71 Å². The van der Waals surface area contributed by atoms with Crippen LogP contribution < -0.4 is 4.74 Å². The zero-order valence-corrected chi connectivity index (χ0v) is 9.23. The van der Waals surface area contributed by atoms with Crippen molar-refractivity contribution in [3.05, 3.63) is 24.1 Å². The quantitative estimate of drug-likeness (QED) is 0.791. The van der Waals surface area contributed by atoms with Crippen LogP contribution in [0.1, 0.15) is 25.3 Å². The van der Waals surface area contributed by atoms with Gasteiger partial charge in [-0.2, -0.15) is 5.26 Å². The van der Waals surface area contributed by atoms with Gasteiger partial charge in [-0.1, -0.05) is 13.8 Å². The molecule has 0 fully saturated rings. The van der Waals surface area contributed by atoms with Crippen molar-refractivity contribution < 1.29 is 9.15 Å². The van der Waals surface area contributed by atoms with Crippen molar-refractivity contribution in [2.24, 2.45) is 0 Å². The first-order valence-electron chi connectivity index (χ1n) is 5.10. The van der Waals surface area contributed by atoms with Crippen molar-refractivity contribution in [1.29, 1.82) is 5.26 Å². The molecule has 0 aliphatic carbocycles. The third kappa shape index (κ3) is 1.72. The summed E-state index contributed by atoms with van der Waals surface area (Å²) < 4.78 is 10.6. The first-order valence-corrected chi connectivity index (χ1v) is 5.10. The summed E-state index contributed by atoms with van der Waals surface area (Å²) in [7, 11) is 0. The van der Waals surface area contributed by atoms with Gasteiger partial charge in [-0.25, -0.2) is 4.98 Å². The van der Waals surface area contributed by atoms with E-state index in [1.165, 1.54) is 6.26 Å². The highest BCUT2D eigenvalue weighted by atomic mass is 16.5. The van der Waals surface area contributed by atoms with Crippen LogP contribution in [0.25, 0.3) is 11.1 Å². The molecule has 2 heterocycles. The van der Waals surface area contributed by atoms with Gasteiger partial charge in [-0.05, 0) is 17.5 Å². The van der Waals surface area contributed by atoms with Crippen molar-refractivity contribution in [2.45, 2.75) is 19.8 Å². The van der Waals surface area contributed by atoms with Crippen LogP contribution in [0.2, 0.25) is 0 Å². The first-order chi connectivity index (χ1) is 7.74. The maximum atomic E-state index is 8.49. The summed E-state index contributed by atoms with van der Waals surface area (Å²) >= 11 is 0. The highest BCUT2D eigenvalue weighted by molar-refractivity contribution is 5.85. The van der Waals surface area contributed by atoms with Crippen molar-refractivity contribution in [2.75, 3.05) is 6.61 Å². The van der Waals surface area contributed by atoms with Gasteiger partial charge in [0.15, 0.2) is 12.4 Å². The smallest absolute Gasteiger partial charge is 0.230 e. The molecule has 0 saturated heterocycles. The van der Waals surface area contributed by atoms with E-state index in [0.29, 0.717) is 17.4 Å². The number of ether oxygens (including phenoxy) is 1. The number of rotatable bonds is 3. The Morgan fingerprint density at radius 3 is 3.06 bits per heavy atom. The minimum Gasteiger partial charge on any atom is -0.475 e. The molecule has 0 N–H and O–H groups in total. The molecule has 4 heteroatoms. The molecule has 16 heavy (non-hydrogen) atoms. The van der Waals surface area contributed by atoms with E-state index in [2.05, 4.69) is 18.8 Å². The van der Waals surface area contributed by atoms with Crippen LogP contribution >= 0.6 is 0 Å². The molecule has 0 saturated carbocycles. The molecular formula is C12H12N2O2. The lowest BCUT2D eigenvalue weighted by Gasteiger charge is -2.07. The van der Waals surface area contributed by atoms with Crippen LogP contribution in [0.5, 0.6) is 5.75 Å². The van der Waals surface area contributed by atoms with Gasteiger partial charge in [0, 0.05) is 6.20 Å². The third-order valence-electron chi connectivity index (χ3n) is 2.39. The Bertz CT molecular complexity index is 537. The van der Waals surface area contributed by atoms with E-state index in [4.69, 9.17) is 14.4 Å². The van der Waals surface area contributed by atoms with E-state index in [-0.39, 0.29) is 6.61 Å². The van der Waals surface area contributed by atoms with Crippen molar-refractivity contribution in [3.63, 3.8) is 0 Å². The summed E-state index contributed by atoms with van der Waals surface area (Å²) in [6, 6.07) is 3.88. The third-order valence-corrected chi connectivity index (χ3v) is 2.39. The average Bonchev–Trinajstić information content (AvgIpc) is 2.69. The highest BCUT2D eigenvalue weighted by Gasteiger charge is 2.14. The Morgan fingerprint density at radius 1 is 1.56 bits per heavy atom. The fraction of sp³-hybridized carbons (Fsp3) is 0.333. The SMILES string of the molecule is CC(C)c1ccnc2occ(OCC#N)c12. The normalized spacial score (nSPS) is 10.6. The van der Waals surface area contributed by atoms with E-state index >= 15 is 0 Å². The Labute approximate surface area is 93.5 Å². The number of aromatic nitrogens is 1. The number of hydrogen-bond acceptors (Lipinski definition) is 4. The molecule has 2 aromatic rings. The summed E-state index contributed by atoms with van der Waals surface area (Å²) in [4.78, 5) is 4.12. The fourth-order valence-electron chi connectivity index (χ4n) is 1.66. The zero-order chi connectivity index (χ0) is 11.5. The number of furan rings is 1. The van der Waals surface area contributed by atoms with Gasteiger partial charge in [0.1, 0.15) is 12.3 Å². The molecule has 0 aromatic carbocycles. The molecule has 0 aliphatic heterocycles. The van der Waals surface area contributed by atoms with Gasteiger partial charge < -0.3 is 9.15 Å². The highest BCUT2D eigenvalue weighted by Crippen LogP contribution is 2.33. The largest absolute Gasteiger partial charge is 0.475 e. The second-order valence-corrected chi connectivity index (χ2v) is 3.78. The standard InChI is InChI=1S/C12H12N2O2/c1-8(2)9-3-5-14-12-11(9)10(7-16-12)15-6-4-13/h3,5,7-8H,6H2,1-2H3. The van der Waals surface area contributed by atoms with Gasteiger partial charge in [-0.3, -0.25) is 0 Å². The van der Waals surface area contributed by atoms with Gasteiger partial charge in [-0.15, -0.1) is 0 Å². The minimum absolute atomic E-state index is 0.0149. The molecule has 0 radical (unpaired) electrons. The average molecular weight is 216 g/mol. The van der Waals surface area contributed by atoms with Crippen LogP contribution in [-0.2, 0) is 0 Å².